The Morgan fingerprint density at radius 3 is 2.77 bits per heavy atom. The van der Waals surface area contributed by atoms with Gasteiger partial charge in [-0.2, -0.15) is 0 Å². The number of thioether (sulfide) groups is 1. The lowest BCUT2D eigenvalue weighted by Crippen LogP contribution is -2.26. The van der Waals surface area contributed by atoms with Crippen molar-refractivity contribution in [2.75, 3.05) is 6.54 Å². The maximum atomic E-state index is 13.7. The quantitative estimate of drug-likeness (QED) is 0.588. The van der Waals surface area contributed by atoms with Gasteiger partial charge < -0.3 is 4.42 Å². The van der Waals surface area contributed by atoms with Crippen LogP contribution < -0.4 is 0 Å². The Balaban J connectivity index is 1.90. The molecule has 6 heteroatoms. The molecule has 1 fully saturated rings. The molecular formula is C16H12FNO2S2. The van der Waals surface area contributed by atoms with Crippen LogP contribution in [0.2, 0.25) is 0 Å². The van der Waals surface area contributed by atoms with Crippen molar-refractivity contribution in [1.29, 1.82) is 0 Å². The summed E-state index contributed by atoms with van der Waals surface area (Å²) in [5, 5.41) is -0.0837. The van der Waals surface area contributed by atoms with Gasteiger partial charge in [0.15, 0.2) is 0 Å². The van der Waals surface area contributed by atoms with Crippen LogP contribution in [-0.4, -0.2) is 21.7 Å². The van der Waals surface area contributed by atoms with Crippen LogP contribution in [0.4, 0.5) is 9.18 Å². The summed E-state index contributed by atoms with van der Waals surface area (Å²) in [6.07, 6.45) is 1.71. The molecule has 0 bridgehead atoms. The van der Waals surface area contributed by atoms with E-state index in [1.807, 2.05) is 6.92 Å². The molecule has 2 aromatic rings. The van der Waals surface area contributed by atoms with Crippen molar-refractivity contribution in [2.24, 2.45) is 0 Å². The van der Waals surface area contributed by atoms with Crippen molar-refractivity contribution in [1.82, 2.24) is 4.90 Å². The van der Waals surface area contributed by atoms with Crippen LogP contribution in [0.1, 0.15) is 12.7 Å². The standard InChI is InChI=1S/C16H12FNO2S2/c1-2-18-15(21)14(22-16(18)19)9-10-7-8-13(20-10)11-5-3-4-6-12(11)17/h3-9H,2H2,1H3/b14-9+. The highest BCUT2D eigenvalue weighted by atomic mass is 32.2. The summed E-state index contributed by atoms with van der Waals surface area (Å²) in [4.78, 5) is 14.5. The van der Waals surface area contributed by atoms with Crippen LogP contribution >= 0.6 is 24.0 Å². The molecule has 1 aromatic heterocycles. The summed E-state index contributed by atoms with van der Waals surface area (Å²) >= 11 is 6.35. The Morgan fingerprint density at radius 1 is 1.32 bits per heavy atom. The van der Waals surface area contributed by atoms with Crippen LogP contribution in [0.15, 0.2) is 45.7 Å². The van der Waals surface area contributed by atoms with Crippen molar-refractivity contribution in [3.05, 3.63) is 52.9 Å². The van der Waals surface area contributed by atoms with Gasteiger partial charge in [0.25, 0.3) is 5.24 Å². The lowest BCUT2D eigenvalue weighted by molar-refractivity contribution is 0.247. The second kappa shape index (κ2) is 6.06. The van der Waals surface area contributed by atoms with Gasteiger partial charge in [0.05, 0.1) is 10.5 Å². The number of hydrogen-bond acceptors (Lipinski definition) is 4. The molecule has 1 amide bonds. The van der Waals surface area contributed by atoms with Crippen molar-refractivity contribution < 1.29 is 13.6 Å². The zero-order chi connectivity index (χ0) is 15.7. The van der Waals surface area contributed by atoms with E-state index in [1.54, 1.807) is 36.4 Å². The van der Waals surface area contributed by atoms with Crippen LogP contribution in [0, 0.1) is 5.82 Å². The van der Waals surface area contributed by atoms with E-state index in [4.69, 9.17) is 16.6 Å². The van der Waals surface area contributed by atoms with Gasteiger partial charge in [-0.1, -0.05) is 24.4 Å². The summed E-state index contributed by atoms with van der Waals surface area (Å²) in [6.45, 7) is 2.41. The summed E-state index contributed by atoms with van der Waals surface area (Å²) in [6, 6.07) is 9.85. The molecule has 1 aliphatic rings. The normalized spacial score (nSPS) is 16.8. The zero-order valence-corrected chi connectivity index (χ0v) is 13.3. The van der Waals surface area contributed by atoms with Gasteiger partial charge in [0.2, 0.25) is 0 Å². The molecule has 0 unspecified atom stereocenters. The smallest absolute Gasteiger partial charge is 0.291 e. The van der Waals surface area contributed by atoms with Crippen molar-refractivity contribution in [3.63, 3.8) is 0 Å². The number of thiocarbonyl (C=S) groups is 1. The summed E-state index contributed by atoms with van der Waals surface area (Å²) < 4.78 is 19.4. The third-order valence-electron chi connectivity index (χ3n) is 3.23. The first-order chi connectivity index (χ1) is 10.6. The first-order valence-corrected chi connectivity index (χ1v) is 7.92. The van der Waals surface area contributed by atoms with E-state index < -0.39 is 0 Å². The molecule has 0 aliphatic carbocycles. The first kappa shape index (κ1) is 15.0. The van der Waals surface area contributed by atoms with Crippen LogP contribution in [0.25, 0.3) is 17.4 Å². The topological polar surface area (TPSA) is 33.5 Å². The van der Waals surface area contributed by atoms with Crippen molar-refractivity contribution >= 4 is 40.3 Å². The fourth-order valence-corrected chi connectivity index (χ4v) is 3.48. The maximum absolute atomic E-state index is 13.7. The van der Waals surface area contributed by atoms with Crippen LogP contribution in [0.3, 0.4) is 0 Å². The van der Waals surface area contributed by atoms with E-state index in [-0.39, 0.29) is 11.1 Å². The average molecular weight is 333 g/mol. The predicted molar refractivity (Wildman–Crippen MR) is 90.0 cm³/mol. The van der Waals surface area contributed by atoms with Crippen molar-refractivity contribution in [2.45, 2.75) is 6.92 Å². The minimum Gasteiger partial charge on any atom is -0.457 e. The number of carbonyl (C=O) groups is 1. The van der Waals surface area contributed by atoms with Crippen LogP contribution in [0.5, 0.6) is 0 Å². The minimum absolute atomic E-state index is 0.0837. The van der Waals surface area contributed by atoms with E-state index in [0.717, 1.165) is 11.8 Å². The molecule has 1 aliphatic heterocycles. The highest BCUT2D eigenvalue weighted by Crippen LogP contribution is 2.34. The Bertz CT molecular complexity index is 782. The van der Waals surface area contributed by atoms with E-state index >= 15 is 0 Å². The fourth-order valence-electron chi connectivity index (χ4n) is 2.14. The Kier molecular flexibility index (Phi) is 4.13. The average Bonchev–Trinajstić information content (AvgIpc) is 3.05. The van der Waals surface area contributed by atoms with Crippen LogP contribution in [-0.2, 0) is 0 Å². The Hall–Kier alpha value is -1.92. The number of hydrogen-bond donors (Lipinski definition) is 0. The second-order valence-corrected chi connectivity index (χ2v) is 5.99. The van der Waals surface area contributed by atoms with E-state index in [1.165, 1.54) is 11.0 Å². The van der Waals surface area contributed by atoms with Gasteiger partial charge in [-0.25, -0.2) is 4.39 Å². The molecule has 0 spiro atoms. The largest absolute Gasteiger partial charge is 0.457 e. The molecule has 112 valence electrons. The molecule has 0 N–H and O–H groups in total. The highest BCUT2D eigenvalue weighted by molar-refractivity contribution is 8.19. The van der Waals surface area contributed by atoms with Gasteiger partial charge in [-0.05, 0) is 49.0 Å². The van der Waals surface area contributed by atoms with Gasteiger partial charge in [0, 0.05) is 6.54 Å². The summed E-state index contributed by atoms with van der Waals surface area (Å²) in [7, 11) is 0. The first-order valence-electron chi connectivity index (χ1n) is 6.70. The molecule has 2 heterocycles. The Labute approximate surface area is 136 Å². The number of amides is 1. The number of nitrogens with zero attached hydrogens (tertiary/aromatic N) is 1. The number of furan rings is 1. The van der Waals surface area contributed by atoms with E-state index in [2.05, 4.69) is 0 Å². The van der Waals surface area contributed by atoms with E-state index in [0.29, 0.717) is 33.5 Å². The predicted octanol–water partition coefficient (Wildman–Crippen LogP) is 4.94. The minimum atomic E-state index is -0.339. The Morgan fingerprint density at radius 2 is 2.09 bits per heavy atom. The molecule has 22 heavy (non-hydrogen) atoms. The number of carbonyl (C=O) groups excluding carboxylic acids is 1. The maximum Gasteiger partial charge on any atom is 0.291 e. The summed E-state index contributed by atoms with van der Waals surface area (Å²) in [5.41, 5.74) is 0.403. The third kappa shape index (κ3) is 2.71. The molecule has 0 atom stereocenters. The van der Waals surface area contributed by atoms with Gasteiger partial charge >= 0.3 is 0 Å². The van der Waals surface area contributed by atoms with E-state index in [9.17, 15) is 9.18 Å². The highest BCUT2D eigenvalue weighted by Gasteiger charge is 2.30. The number of halogens is 1. The fraction of sp³-hybridized carbons (Fsp3) is 0.125. The second-order valence-electron chi connectivity index (χ2n) is 4.61. The van der Waals surface area contributed by atoms with Gasteiger partial charge in [-0.15, -0.1) is 0 Å². The molecular weight excluding hydrogens is 321 g/mol. The molecule has 3 rings (SSSR count). The number of benzene rings is 1. The SMILES string of the molecule is CCN1C(=O)S/C(=C/c2ccc(-c3ccccc3F)o2)C1=S. The molecule has 0 saturated carbocycles. The third-order valence-corrected chi connectivity index (χ3v) is 4.72. The van der Waals surface area contributed by atoms with Gasteiger partial charge in [-0.3, -0.25) is 9.69 Å². The van der Waals surface area contributed by atoms with Crippen molar-refractivity contribution in [3.8, 4) is 11.3 Å². The molecule has 1 saturated heterocycles. The van der Waals surface area contributed by atoms with Gasteiger partial charge in [0.1, 0.15) is 22.3 Å². The lowest BCUT2D eigenvalue weighted by atomic mass is 10.1. The lowest BCUT2D eigenvalue weighted by Gasteiger charge is -2.09. The number of likely N-dealkylation sites (N-methyl/N-ethyl adjacent to an activating group) is 1. The molecule has 1 aromatic carbocycles. The monoisotopic (exact) mass is 333 g/mol. The summed E-state index contributed by atoms with van der Waals surface area (Å²) in [5.74, 6) is 0.639. The zero-order valence-electron chi connectivity index (χ0n) is 11.7. The molecule has 3 nitrogen and oxygen atoms in total. The molecule has 0 radical (unpaired) electrons. The number of rotatable bonds is 3.